The third-order valence-corrected chi connectivity index (χ3v) is 2.87. The van der Waals surface area contributed by atoms with E-state index in [0.717, 1.165) is 25.1 Å². The molecule has 0 aromatic carbocycles. The van der Waals surface area contributed by atoms with Crippen LogP contribution in [0.15, 0.2) is 24.7 Å². The summed E-state index contributed by atoms with van der Waals surface area (Å²) in [6.07, 6.45) is 6.30. The lowest BCUT2D eigenvalue weighted by molar-refractivity contribution is 0.0821. The molecule has 112 valence electrons. The highest BCUT2D eigenvalue weighted by Crippen LogP contribution is 2.04. The standard InChI is InChI=1S/C14H20N6O/c1-4-6-15-8-11-9-16-14(17-10-11)20-7-5-12(18-20)13(21)19(2)3/h5,7,9-10,15H,4,6,8H2,1-3H3. The molecule has 0 aliphatic heterocycles. The third-order valence-electron chi connectivity index (χ3n) is 2.87. The molecule has 0 radical (unpaired) electrons. The third kappa shape index (κ3) is 3.85. The monoisotopic (exact) mass is 288 g/mol. The van der Waals surface area contributed by atoms with Crippen LogP contribution in [0.5, 0.6) is 0 Å². The lowest BCUT2D eigenvalue weighted by atomic mass is 10.3. The van der Waals surface area contributed by atoms with E-state index in [-0.39, 0.29) is 5.91 Å². The topological polar surface area (TPSA) is 75.9 Å². The Balaban J connectivity index is 2.07. The number of nitrogens with one attached hydrogen (secondary N) is 1. The van der Waals surface area contributed by atoms with Gasteiger partial charge in [0, 0.05) is 44.8 Å². The Kier molecular flexibility index (Phi) is 4.99. The maximum Gasteiger partial charge on any atom is 0.273 e. The van der Waals surface area contributed by atoms with Gasteiger partial charge in [-0.15, -0.1) is 0 Å². The predicted octanol–water partition coefficient (Wildman–Crippen LogP) is 0.864. The average Bonchev–Trinajstić information content (AvgIpc) is 2.97. The first kappa shape index (κ1) is 15.1. The summed E-state index contributed by atoms with van der Waals surface area (Å²) in [5, 5.41) is 7.48. The van der Waals surface area contributed by atoms with Gasteiger partial charge in [-0.3, -0.25) is 4.79 Å². The van der Waals surface area contributed by atoms with Crippen LogP contribution < -0.4 is 5.32 Å². The normalized spacial score (nSPS) is 10.6. The van der Waals surface area contributed by atoms with E-state index in [9.17, 15) is 4.79 Å². The Bertz CT molecular complexity index is 590. The molecular formula is C14H20N6O. The van der Waals surface area contributed by atoms with Crippen LogP contribution in [-0.2, 0) is 6.54 Å². The minimum Gasteiger partial charge on any atom is -0.343 e. The quantitative estimate of drug-likeness (QED) is 0.798. The van der Waals surface area contributed by atoms with Crippen molar-refractivity contribution >= 4 is 5.91 Å². The van der Waals surface area contributed by atoms with Crippen LogP contribution in [0.2, 0.25) is 0 Å². The number of hydrogen-bond acceptors (Lipinski definition) is 5. The number of nitrogens with zero attached hydrogens (tertiary/aromatic N) is 5. The molecule has 0 bridgehead atoms. The number of carbonyl (C=O) groups excluding carboxylic acids is 1. The minimum absolute atomic E-state index is 0.144. The first-order valence-electron chi connectivity index (χ1n) is 6.91. The van der Waals surface area contributed by atoms with Crippen LogP contribution >= 0.6 is 0 Å². The van der Waals surface area contributed by atoms with E-state index in [1.54, 1.807) is 38.8 Å². The summed E-state index contributed by atoms with van der Waals surface area (Å²) in [6, 6.07) is 1.66. The number of amides is 1. The van der Waals surface area contributed by atoms with Crippen LogP contribution in [0.25, 0.3) is 5.95 Å². The van der Waals surface area contributed by atoms with Gasteiger partial charge in [0.05, 0.1) is 0 Å². The molecule has 0 atom stereocenters. The molecule has 2 rings (SSSR count). The van der Waals surface area contributed by atoms with E-state index in [0.29, 0.717) is 11.6 Å². The van der Waals surface area contributed by atoms with Gasteiger partial charge in [-0.05, 0) is 19.0 Å². The van der Waals surface area contributed by atoms with Crippen LogP contribution in [0.4, 0.5) is 0 Å². The van der Waals surface area contributed by atoms with Crippen LogP contribution in [0.1, 0.15) is 29.4 Å². The molecule has 2 aromatic rings. The molecule has 0 saturated heterocycles. The zero-order valence-electron chi connectivity index (χ0n) is 12.6. The summed E-state index contributed by atoms with van der Waals surface area (Å²) < 4.78 is 1.50. The molecule has 1 N–H and O–H groups in total. The van der Waals surface area contributed by atoms with Crippen molar-refractivity contribution in [3.05, 3.63) is 35.9 Å². The fourth-order valence-corrected chi connectivity index (χ4v) is 1.75. The second-order valence-electron chi connectivity index (χ2n) is 4.91. The first-order valence-corrected chi connectivity index (χ1v) is 6.91. The van der Waals surface area contributed by atoms with Gasteiger partial charge in [0.2, 0.25) is 5.95 Å². The molecule has 7 heteroatoms. The summed E-state index contributed by atoms with van der Waals surface area (Å²) in [5.74, 6) is 0.307. The van der Waals surface area contributed by atoms with Gasteiger partial charge >= 0.3 is 0 Å². The van der Waals surface area contributed by atoms with Gasteiger partial charge in [0.25, 0.3) is 5.91 Å². The van der Waals surface area contributed by atoms with Crippen molar-refractivity contribution in [2.45, 2.75) is 19.9 Å². The van der Waals surface area contributed by atoms with E-state index in [4.69, 9.17) is 0 Å². The van der Waals surface area contributed by atoms with E-state index >= 15 is 0 Å². The molecule has 1 amide bonds. The summed E-state index contributed by atoms with van der Waals surface area (Å²) in [4.78, 5) is 21.8. The highest BCUT2D eigenvalue weighted by Gasteiger charge is 2.12. The molecule has 0 spiro atoms. The van der Waals surface area contributed by atoms with Crippen molar-refractivity contribution in [2.24, 2.45) is 0 Å². The SMILES string of the molecule is CCCNCc1cnc(-n2ccc(C(=O)N(C)C)n2)nc1. The largest absolute Gasteiger partial charge is 0.343 e. The molecule has 0 fully saturated rings. The molecule has 2 aromatic heterocycles. The van der Waals surface area contributed by atoms with E-state index < -0.39 is 0 Å². The van der Waals surface area contributed by atoms with Gasteiger partial charge in [0.1, 0.15) is 0 Å². The van der Waals surface area contributed by atoms with Crippen molar-refractivity contribution in [3.8, 4) is 5.95 Å². The summed E-state index contributed by atoms with van der Waals surface area (Å²) >= 11 is 0. The maximum absolute atomic E-state index is 11.8. The van der Waals surface area contributed by atoms with Crippen LogP contribution in [0, 0.1) is 0 Å². The Morgan fingerprint density at radius 2 is 2.05 bits per heavy atom. The van der Waals surface area contributed by atoms with Crippen molar-refractivity contribution in [2.75, 3.05) is 20.6 Å². The van der Waals surface area contributed by atoms with Crippen molar-refractivity contribution in [3.63, 3.8) is 0 Å². The van der Waals surface area contributed by atoms with Crippen molar-refractivity contribution in [1.82, 2.24) is 30.0 Å². The van der Waals surface area contributed by atoms with E-state index in [1.165, 1.54) is 9.58 Å². The lowest BCUT2D eigenvalue weighted by Gasteiger charge is -2.07. The molecule has 0 unspecified atom stereocenters. The molecule has 0 aliphatic rings. The minimum atomic E-state index is -0.144. The van der Waals surface area contributed by atoms with Crippen LogP contribution in [0.3, 0.4) is 0 Å². The fraction of sp³-hybridized carbons (Fsp3) is 0.429. The summed E-state index contributed by atoms with van der Waals surface area (Å²) in [7, 11) is 3.38. The Morgan fingerprint density at radius 1 is 1.33 bits per heavy atom. The summed E-state index contributed by atoms with van der Waals surface area (Å²) in [6.45, 7) is 3.84. The Hall–Kier alpha value is -2.28. The van der Waals surface area contributed by atoms with Gasteiger partial charge < -0.3 is 10.2 Å². The molecular weight excluding hydrogens is 268 g/mol. The Morgan fingerprint density at radius 3 is 2.67 bits per heavy atom. The second-order valence-corrected chi connectivity index (χ2v) is 4.91. The number of aromatic nitrogens is 4. The molecule has 21 heavy (non-hydrogen) atoms. The number of carbonyl (C=O) groups is 1. The van der Waals surface area contributed by atoms with Gasteiger partial charge in [-0.1, -0.05) is 6.92 Å². The van der Waals surface area contributed by atoms with Gasteiger partial charge in [-0.25, -0.2) is 14.6 Å². The number of hydrogen-bond donors (Lipinski definition) is 1. The van der Waals surface area contributed by atoms with Crippen molar-refractivity contribution < 1.29 is 4.79 Å². The fourth-order valence-electron chi connectivity index (χ4n) is 1.75. The second kappa shape index (κ2) is 6.94. The van der Waals surface area contributed by atoms with Crippen molar-refractivity contribution in [1.29, 1.82) is 0 Å². The maximum atomic E-state index is 11.8. The molecule has 0 saturated carbocycles. The van der Waals surface area contributed by atoms with E-state index in [2.05, 4.69) is 27.3 Å². The van der Waals surface area contributed by atoms with Gasteiger partial charge in [-0.2, -0.15) is 5.10 Å². The molecule has 7 nitrogen and oxygen atoms in total. The average molecular weight is 288 g/mol. The van der Waals surface area contributed by atoms with Crippen LogP contribution in [-0.4, -0.2) is 51.2 Å². The number of rotatable bonds is 6. The zero-order chi connectivity index (χ0) is 15.2. The zero-order valence-corrected chi connectivity index (χ0v) is 12.6. The smallest absolute Gasteiger partial charge is 0.273 e. The highest BCUT2D eigenvalue weighted by molar-refractivity contribution is 5.91. The highest BCUT2D eigenvalue weighted by atomic mass is 16.2. The summed E-state index contributed by atoms with van der Waals surface area (Å²) in [5.41, 5.74) is 1.39. The Labute approximate surface area is 124 Å². The predicted molar refractivity (Wildman–Crippen MR) is 79.2 cm³/mol. The van der Waals surface area contributed by atoms with E-state index in [1.807, 2.05) is 0 Å². The lowest BCUT2D eigenvalue weighted by Crippen LogP contribution is -2.22. The first-order chi connectivity index (χ1) is 10.1. The van der Waals surface area contributed by atoms with Gasteiger partial charge in [0.15, 0.2) is 5.69 Å². The molecule has 0 aliphatic carbocycles. The molecule has 2 heterocycles.